The van der Waals surface area contributed by atoms with Gasteiger partial charge in [-0.2, -0.15) is 5.10 Å². The van der Waals surface area contributed by atoms with E-state index in [4.69, 9.17) is 0 Å². The van der Waals surface area contributed by atoms with Crippen LogP contribution in [0.5, 0.6) is 0 Å². The van der Waals surface area contributed by atoms with Crippen LogP contribution in [0.15, 0.2) is 36.8 Å². The van der Waals surface area contributed by atoms with Crippen molar-refractivity contribution in [2.45, 2.75) is 19.9 Å². The molecule has 1 aliphatic rings. The number of amides is 1. The van der Waals surface area contributed by atoms with E-state index in [1.807, 2.05) is 24.4 Å². The fourth-order valence-corrected chi connectivity index (χ4v) is 2.07. The molecule has 98 valence electrons. The Bertz CT molecular complexity index is 562. The molecule has 0 radical (unpaired) electrons. The first-order valence-electron chi connectivity index (χ1n) is 6.46. The second kappa shape index (κ2) is 4.84. The minimum Gasteiger partial charge on any atom is -0.352 e. The van der Waals surface area contributed by atoms with Crippen LogP contribution in [-0.4, -0.2) is 20.7 Å². The summed E-state index contributed by atoms with van der Waals surface area (Å²) in [6.45, 7) is 2.64. The van der Waals surface area contributed by atoms with Gasteiger partial charge in [0.2, 0.25) is 5.91 Å². The molecule has 0 unspecified atom stereocenters. The van der Waals surface area contributed by atoms with E-state index in [9.17, 15) is 4.79 Å². The number of nitrogens with one attached hydrogen (secondary N) is 1. The number of aromatic nitrogens is 3. The van der Waals surface area contributed by atoms with Gasteiger partial charge in [0, 0.05) is 31.1 Å². The van der Waals surface area contributed by atoms with E-state index in [0.717, 1.165) is 17.8 Å². The van der Waals surface area contributed by atoms with Crippen LogP contribution in [-0.2, 0) is 11.3 Å². The lowest BCUT2D eigenvalue weighted by molar-refractivity contribution is -0.122. The molecule has 1 N–H and O–H groups in total. The normalized spacial score (nSPS) is 21.1. The minimum absolute atomic E-state index is 0.156. The Labute approximate surface area is 111 Å². The highest BCUT2D eigenvalue weighted by Crippen LogP contribution is 2.37. The summed E-state index contributed by atoms with van der Waals surface area (Å²) >= 11 is 0. The van der Waals surface area contributed by atoms with Crippen LogP contribution < -0.4 is 5.32 Å². The molecule has 0 spiro atoms. The maximum absolute atomic E-state index is 11.7. The number of hydrogen-bond donors (Lipinski definition) is 1. The standard InChI is InChI=1S/C14H16N4O/c1-10-7-12(10)14(19)16-9-11-3-4-13(15-8-11)18-6-2-5-17-18/h2-6,8,10,12H,7,9H2,1H3,(H,16,19)/t10-,12+/m0/s1. The fraction of sp³-hybridized carbons (Fsp3) is 0.357. The summed E-state index contributed by atoms with van der Waals surface area (Å²) in [5.41, 5.74) is 0.998. The first-order valence-corrected chi connectivity index (χ1v) is 6.46. The first-order chi connectivity index (χ1) is 9.24. The number of carbonyl (C=O) groups is 1. The SMILES string of the molecule is C[C@H]1C[C@H]1C(=O)NCc1ccc(-n2cccn2)nc1. The van der Waals surface area contributed by atoms with E-state index < -0.39 is 0 Å². The number of pyridine rings is 1. The Morgan fingerprint density at radius 1 is 1.53 bits per heavy atom. The summed E-state index contributed by atoms with van der Waals surface area (Å²) in [5.74, 6) is 1.69. The molecule has 5 heteroatoms. The molecule has 0 aromatic carbocycles. The summed E-state index contributed by atoms with van der Waals surface area (Å²) in [7, 11) is 0. The highest BCUT2D eigenvalue weighted by molar-refractivity contribution is 5.81. The van der Waals surface area contributed by atoms with E-state index in [1.165, 1.54) is 0 Å². The molecule has 2 heterocycles. The summed E-state index contributed by atoms with van der Waals surface area (Å²) in [4.78, 5) is 16.0. The molecular formula is C14H16N4O. The largest absolute Gasteiger partial charge is 0.352 e. The molecular weight excluding hydrogens is 240 g/mol. The van der Waals surface area contributed by atoms with Crippen LogP contribution in [0.4, 0.5) is 0 Å². The number of carbonyl (C=O) groups excluding carboxylic acids is 1. The van der Waals surface area contributed by atoms with E-state index in [0.29, 0.717) is 12.5 Å². The van der Waals surface area contributed by atoms with Crippen LogP contribution in [0.3, 0.4) is 0 Å². The third-order valence-electron chi connectivity index (χ3n) is 3.46. The van der Waals surface area contributed by atoms with Crippen molar-refractivity contribution in [1.29, 1.82) is 0 Å². The Kier molecular flexibility index (Phi) is 3.03. The Morgan fingerprint density at radius 2 is 2.37 bits per heavy atom. The van der Waals surface area contributed by atoms with Gasteiger partial charge in [-0.25, -0.2) is 9.67 Å². The summed E-state index contributed by atoms with van der Waals surface area (Å²) in [6, 6.07) is 5.71. The van der Waals surface area contributed by atoms with Crippen molar-refractivity contribution >= 4 is 5.91 Å². The maximum Gasteiger partial charge on any atom is 0.223 e. The highest BCUT2D eigenvalue weighted by Gasteiger charge is 2.38. The predicted octanol–water partition coefficient (Wildman–Crippen LogP) is 1.54. The molecule has 2 aromatic rings. The van der Waals surface area contributed by atoms with Gasteiger partial charge in [0.1, 0.15) is 0 Å². The van der Waals surface area contributed by atoms with E-state index in [2.05, 4.69) is 22.3 Å². The lowest BCUT2D eigenvalue weighted by Gasteiger charge is -2.05. The Balaban J connectivity index is 1.59. The molecule has 0 aliphatic heterocycles. The molecule has 0 bridgehead atoms. The molecule has 5 nitrogen and oxygen atoms in total. The smallest absolute Gasteiger partial charge is 0.223 e. The average Bonchev–Trinajstić information content (AvgIpc) is 2.94. The number of rotatable bonds is 4. The zero-order valence-electron chi connectivity index (χ0n) is 10.8. The summed E-state index contributed by atoms with van der Waals surface area (Å²) in [6.07, 6.45) is 6.35. The highest BCUT2D eigenvalue weighted by atomic mass is 16.2. The van der Waals surface area contributed by atoms with Crippen molar-refractivity contribution in [1.82, 2.24) is 20.1 Å². The summed E-state index contributed by atoms with van der Waals surface area (Å²) < 4.78 is 1.70. The third kappa shape index (κ3) is 2.65. The van der Waals surface area contributed by atoms with Gasteiger partial charge in [-0.15, -0.1) is 0 Å². The second-order valence-corrected chi connectivity index (χ2v) is 5.01. The van der Waals surface area contributed by atoms with Gasteiger partial charge in [0.05, 0.1) is 0 Å². The number of hydrogen-bond acceptors (Lipinski definition) is 3. The van der Waals surface area contributed by atoms with Crippen molar-refractivity contribution < 1.29 is 4.79 Å². The van der Waals surface area contributed by atoms with Gasteiger partial charge >= 0.3 is 0 Å². The lowest BCUT2D eigenvalue weighted by Crippen LogP contribution is -2.24. The molecule has 19 heavy (non-hydrogen) atoms. The van der Waals surface area contributed by atoms with Gasteiger partial charge in [0.15, 0.2) is 5.82 Å². The van der Waals surface area contributed by atoms with E-state index in [-0.39, 0.29) is 11.8 Å². The van der Waals surface area contributed by atoms with Crippen LogP contribution >= 0.6 is 0 Å². The Morgan fingerprint density at radius 3 is 2.95 bits per heavy atom. The lowest BCUT2D eigenvalue weighted by atomic mass is 10.2. The molecule has 2 atom stereocenters. The Hall–Kier alpha value is -2.17. The second-order valence-electron chi connectivity index (χ2n) is 5.01. The zero-order chi connectivity index (χ0) is 13.2. The van der Waals surface area contributed by atoms with Crippen LogP contribution in [0.1, 0.15) is 18.9 Å². The molecule has 1 saturated carbocycles. The van der Waals surface area contributed by atoms with Gasteiger partial charge < -0.3 is 5.32 Å². The molecule has 1 aliphatic carbocycles. The van der Waals surface area contributed by atoms with E-state index in [1.54, 1.807) is 17.1 Å². The van der Waals surface area contributed by atoms with Crippen molar-refractivity contribution in [3.05, 3.63) is 42.4 Å². The molecule has 0 saturated heterocycles. The third-order valence-corrected chi connectivity index (χ3v) is 3.46. The first kappa shape index (κ1) is 11.9. The summed E-state index contributed by atoms with van der Waals surface area (Å²) in [5, 5.41) is 7.06. The van der Waals surface area contributed by atoms with Crippen molar-refractivity contribution in [3.8, 4) is 5.82 Å². The van der Waals surface area contributed by atoms with Gasteiger partial charge in [-0.3, -0.25) is 4.79 Å². The van der Waals surface area contributed by atoms with Gasteiger partial charge in [-0.05, 0) is 30.0 Å². The average molecular weight is 256 g/mol. The quantitative estimate of drug-likeness (QED) is 0.902. The molecule has 3 rings (SSSR count). The predicted molar refractivity (Wildman–Crippen MR) is 70.5 cm³/mol. The topological polar surface area (TPSA) is 59.8 Å². The fourth-order valence-electron chi connectivity index (χ4n) is 2.07. The van der Waals surface area contributed by atoms with Gasteiger partial charge in [0.25, 0.3) is 0 Å². The monoisotopic (exact) mass is 256 g/mol. The van der Waals surface area contributed by atoms with Crippen LogP contribution in [0.25, 0.3) is 5.82 Å². The van der Waals surface area contributed by atoms with Gasteiger partial charge in [-0.1, -0.05) is 13.0 Å². The van der Waals surface area contributed by atoms with Crippen molar-refractivity contribution in [3.63, 3.8) is 0 Å². The van der Waals surface area contributed by atoms with Crippen LogP contribution in [0.2, 0.25) is 0 Å². The zero-order valence-corrected chi connectivity index (χ0v) is 10.8. The number of nitrogens with zero attached hydrogens (tertiary/aromatic N) is 3. The minimum atomic E-state index is 0.156. The van der Waals surface area contributed by atoms with Crippen molar-refractivity contribution in [2.24, 2.45) is 11.8 Å². The molecule has 2 aromatic heterocycles. The van der Waals surface area contributed by atoms with E-state index >= 15 is 0 Å². The van der Waals surface area contributed by atoms with Crippen LogP contribution in [0, 0.1) is 11.8 Å². The molecule has 1 amide bonds. The van der Waals surface area contributed by atoms with Crippen molar-refractivity contribution in [2.75, 3.05) is 0 Å². The molecule has 1 fully saturated rings. The maximum atomic E-state index is 11.7.